The minimum atomic E-state index is -0.727. The number of aromatic nitrogens is 2. The second-order valence-corrected chi connectivity index (χ2v) is 4.35. The van der Waals surface area contributed by atoms with Gasteiger partial charge in [-0.2, -0.15) is 0 Å². The minimum absolute atomic E-state index is 0.220. The van der Waals surface area contributed by atoms with E-state index in [1.54, 1.807) is 4.90 Å². The van der Waals surface area contributed by atoms with Crippen LogP contribution in [0.5, 0.6) is 0 Å². The molecular formula is C10H12ClN3O2. The number of hydrogen-bond acceptors (Lipinski definition) is 4. The van der Waals surface area contributed by atoms with E-state index in [0.717, 1.165) is 0 Å². The fraction of sp³-hybridized carbons (Fsp3) is 0.500. The average Bonchev–Trinajstić information content (AvgIpc) is 2.25. The second kappa shape index (κ2) is 3.99. The van der Waals surface area contributed by atoms with Crippen molar-refractivity contribution in [2.24, 2.45) is 0 Å². The van der Waals surface area contributed by atoms with Gasteiger partial charge in [-0.15, -0.1) is 0 Å². The molecule has 0 bridgehead atoms. The van der Waals surface area contributed by atoms with Crippen LogP contribution in [-0.2, 0) is 0 Å². The van der Waals surface area contributed by atoms with Gasteiger partial charge in [0.1, 0.15) is 10.8 Å². The molecule has 1 aromatic heterocycles. The van der Waals surface area contributed by atoms with E-state index in [1.807, 2.05) is 6.92 Å². The highest BCUT2D eigenvalue weighted by Crippen LogP contribution is 2.25. The molecule has 1 saturated heterocycles. The highest BCUT2D eigenvalue weighted by Gasteiger charge is 2.42. The molecule has 0 saturated carbocycles. The van der Waals surface area contributed by atoms with Gasteiger partial charge in [-0.3, -0.25) is 4.79 Å². The lowest BCUT2D eigenvalue weighted by atomic mass is 9.91. The number of hydrogen-bond donors (Lipinski definition) is 1. The lowest BCUT2D eigenvalue weighted by Gasteiger charge is -2.45. The molecule has 6 heteroatoms. The summed E-state index contributed by atoms with van der Waals surface area (Å²) in [5.41, 5.74) is -0.474. The van der Waals surface area contributed by atoms with E-state index in [4.69, 9.17) is 11.6 Å². The van der Waals surface area contributed by atoms with Gasteiger partial charge < -0.3 is 10.0 Å². The molecule has 0 aliphatic carbocycles. The molecule has 2 rings (SSSR count). The van der Waals surface area contributed by atoms with Gasteiger partial charge in [0.2, 0.25) is 0 Å². The first-order chi connectivity index (χ1) is 7.54. The first kappa shape index (κ1) is 11.3. The molecule has 16 heavy (non-hydrogen) atoms. The predicted octanol–water partition coefficient (Wildman–Crippen LogP) is 0.727. The molecule has 1 aliphatic rings. The van der Waals surface area contributed by atoms with Gasteiger partial charge in [0, 0.05) is 0 Å². The maximum Gasteiger partial charge on any atom is 0.274 e. The lowest BCUT2D eigenvalue weighted by Crippen LogP contribution is -2.63. The number of nitrogens with zero attached hydrogens (tertiary/aromatic N) is 3. The normalized spacial score (nSPS) is 18.1. The number of halogens is 1. The Balaban J connectivity index is 2.03. The monoisotopic (exact) mass is 241 g/mol. The molecule has 0 unspecified atom stereocenters. The largest absolute Gasteiger partial charge is 0.386 e. The molecule has 1 aromatic rings. The van der Waals surface area contributed by atoms with E-state index >= 15 is 0 Å². The zero-order chi connectivity index (χ0) is 11.8. The molecule has 2 heterocycles. The fourth-order valence-corrected chi connectivity index (χ4v) is 1.71. The molecule has 5 nitrogen and oxygen atoms in total. The molecule has 1 fully saturated rings. The SMILES string of the molecule is CCC1(O)CN(C(=O)c2cnc(Cl)cn2)C1. The zero-order valence-electron chi connectivity index (χ0n) is 8.85. The van der Waals surface area contributed by atoms with Crippen molar-refractivity contribution < 1.29 is 9.90 Å². The summed E-state index contributed by atoms with van der Waals surface area (Å²) in [6, 6.07) is 0. The van der Waals surface area contributed by atoms with Gasteiger partial charge in [-0.05, 0) is 6.42 Å². The van der Waals surface area contributed by atoms with Crippen molar-refractivity contribution in [1.82, 2.24) is 14.9 Å². The van der Waals surface area contributed by atoms with E-state index < -0.39 is 5.60 Å². The summed E-state index contributed by atoms with van der Waals surface area (Å²) in [5.74, 6) is -0.220. The molecule has 0 radical (unpaired) electrons. The van der Waals surface area contributed by atoms with E-state index in [0.29, 0.717) is 19.5 Å². The van der Waals surface area contributed by atoms with Crippen molar-refractivity contribution in [3.8, 4) is 0 Å². The van der Waals surface area contributed by atoms with Crippen molar-refractivity contribution in [3.05, 3.63) is 23.2 Å². The summed E-state index contributed by atoms with van der Waals surface area (Å²) in [5, 5.41) is 10.0. The van der Waals surface area contributed by atoms with Gasteiger partial charge >= 0.3 is 0 Å². The van der Waals surface area contributed by atoms with Crippen LogP contribution in [0.2, 0.25) is 5.15 Å². The van der Waals surface area contributed by atoms with E-state index in [2.05, 4.69) is 9.97 Å². The molecule has 86 valence electrons. The number of carbonyl (C=O) groups is 1. The standard InChI is InChI=1S/C10H12ClN3O2/c1-2-10(16)5-14(6-10)9(15)7-3-13-8(11)4-12-7/h3-4,16H,2,5-6H2,1H3. The van der Waals surface area contributed by atoms with Gasteiger partial charge in [0.25, 0.3) is 5.91 Å². The number of rotatable bonds is 2. The van der Waals surface area contributed by atoms with Crippen LogP contribution in [0.1, 0.15) is 23.8 Å². The van der Waals surface area contributed by atoms with Crippen LogP contribution in [0.15, 0.2) is 12.4 Å². The maximum absolute atomic E-state index is 11.8. The first-order valence-corrected chi connectivity index (χ1v) is 5.41. The number of amides is 1. The topological polar surface area (TPSA) is 66.3 Å². The second-order valence-electron chi connectivity index (χ2n) is 3.96. The number of carbonyl (C=O) groups excluding carboxylic acids is 1. The molecule has 1 aliphatic heterocycles. The zero-order valence-corrected chi connectivity index (χ0v) is 9.61. The number of β-amino-alcohol motifs (C(OH)–C–C–N with tert-alkyl or cyclic N) is 1. The van der Waals surface area contributed by atoms with Crippen LogP contribution in [0, 0.1) is 0 Å². The summed E-state index contributed by atoms with van der Waals surface area (Å²) in [4.78, 5) is 21.0. The molecule has 1 N–H and O–H groups in total. The Hall–Kier alpha value is -1.20. The fourth-order valence-electron chi connectivity index (χ4n) is 1.62. The van der Waals surface area contributed by atoms with Gasteiger partial charge in [-0.25, -0.2) is 9.97 Å². The molecule has 1 amide bonds. The lowest BCUT2D eigenvalue weighted by molar-refractivity contribution is -0.0828. The smallest absolute Gasteiger partial charge is 0.274 e. The minimum Gasteiger partial charge on any atom is -0.386 e. The van der Waals surface area contributed by atoms with E-state index in [-0.39, 0.29) is 16.8 Å². The van der Waals surface area contributed by atoms with E-state index in [1.165, 1.54) is 12.4 Å². The van der Waals surface area contributed by atoms with Crippen molar-refractivity contribution in [2.45, 2.75) is 18.9 Å². The van der Waals surface area contributed by atoms with Gasteiger partial charge in [-0.1, -0.05) is 18.5 Å². The predicted molar refractivity (Wildman–Crippen MR) is 58.2 cm³/mol. The quantitative estimate of drug-likeness (QED) is 0.829. The van der Waals surface area contributed by atoms with Gasteiger partial charge in [0.05, 0.1) is 31.1 Å². The van der Waals surface area contributed by atoms with Crippen LogP contribution in [0.3, 0.4) is 0 Å². The third-order valence-electron chi connectivity index (χ3n) is 2.76. The Kier molecular flexibility index (Phi) is 2.82. The van der Waals surface area contributed by atoms with Crippen molar-refractivity contribution >= 4 is 17.5 Å². The number of aliphatic hydroxyl groups is 1. The van der Waals surface area contributed by atoms with Crippen LogP contribution < -0.4 is 0 Å². The van der Waals surface area contributed by atoms with Crippen molar-refractivity contribution in [3.63, 3.8) is 0 Å². The van der Waals surface area contributed by atoms with Crippen molar-refractivity contribution in [2.75, 3.05) is 13.1 Å². The average molecular weight is 242 g/mol. The third kappa shape index (κ3) is 2.01. The molecule has 0 spiro atoms. The Morgan fingerprint density at radius 1 is 1.56 bits per heavy atom. The van der Waals surface area contributed by atoms with Crippen LogP contribution in [0.4, 0.5) is 0 Å². The highest BCUT2D eigenvalue weighted by atomic mass is 35.5. The summed E-state index contributed by atoms with van der Waals surface area (Å²) in [6.45, 7) is 2.60. The Morgan fingerprint density at radius 2 is 2.25 bits per heavy atom. The molecular weight excluding hydrogens is 230 g/mol. The Morgan fingerprint density at radius 3 is 2.75 bits per heavy atom. The third-order valence-corrected chi connectivity index (χ3v) is 2.95. The summed E-state index contributed by atoms with van der Waals surface area (Å²) < 4.78 is 0. The van der Waals surface area contributed by atoms with Crippen LogP contribution >= 0.6 is 11.6 Å². The molecule has 0 aromatic carbocycles. The van der Waals surface area contributed by atoms with Gasteiger partial charge in [0.15, 0.2) is 0 Å². The van der Waals surface area contributed by atoms with E-state index in [9.17, 15) is 9.90 Å². The first-order valence-electron chi connectivity index (χ1n) is 5.03. The van der Waals surface area contributed by atoms with Crippen molar-refractivity contribution in [1.29, 1.82) is 0 Å². The van der Waals surface area contributed by atoms with Crippen LogP contribution in [-0.4, -0.2) is 44.6 Å². The number of likely N-dealkylation sites (tertiary alicyclic amines) is 1. The summed E-state index contributed by atoms with van der Waals surface area (Å²) in [7, 11) is 0. The summed E-state index contributed by atoms with van der Waals surface area (Å²) >= 11 is 5.57. The van der Waals surface area contributed by atoms with Crippen LogP contribution in [0.25, 0.3) is 0 Å². The summed E-state index contributed by atoms with van der Waals surface area (Å²) in [6.07, 6.45) is 3.32. The Labute approximate surface area is 98.1 Å². The molecule has 0 atom stereocenters. The highest BCUT2D eigenvalue weighted by molar-refractivity contribution is 6.29. The maximum atomic E-state index is 11.8. The Bertz CT molecular complexity index is 401.